The lowest BCUT2D eigenvalue weighted by Gasteiger charge is -2.23. The Morgan fingerprint density at radius 3 is 2.66 bits per heavy atom. The Morgan fingerprint density at radius 1 is 1.22 bits per heavy atom. The number of aromatic nitrogens is 3. The first-order valence-corrected chi connectivity index (χ1v) is 9.96. The Balaban J connectivity index is 1.97. The summed E-state index contributed by atoms with van der Waals surface area (Å²) in [6.45, 7) is -0.185. The van der Waals surface area contributed by atoms with Gasteiger partial charge >= 0.3 is 6.18 Å². The van der Waals surface area contributed by atoms with Gasteiger partial charge in [-0.3, -0.25) is 0 Å². The number of benzene rings is 1. The Labute approximate surface area is 183 Å². The molecule has 1 unspecified atom stereocenters. The van der Waals surface area contributed by atoms with E-state index in [1.165, 1.54) is 24.1 Å². The predicted molar refractivity (Wildman–Crippen MR) is 104 cm³/mol. The highest BCUT2D eigenvalue weighted by atomic mass is 35.5. The van der Waals surface area contributed by atoms with Gasteiger partial charge in [-0.25, -0.2) is 18.4 Å². The molecule has 4 rings (SSSR count). The van der Waals surface area contributed by atoms with Crippen LogP contribution in [0.1, 0.15) is 31.1 Å². The number of alkyl halides is 3. The average molecular weight is 478 g/mol. The summed E-state index contributed by atoms with van der Waals surface area (Å²) >= 11 is 6.01. The van der Waals surface area contributed by atoms with E-state index in [4.69, 9.17) is 21.1 Å². The van der Waals surface area contributed by atoms with E-state index in [0.29, 0.717) is 24.6 Å². The van der Waals surface area contributed by atoms with E-state index in [0.717, 1.165) is 12.8 Å². The number of halogens is 6. The smallest absolute Gasteiger partial charge is 0.419 e. The number of methoxy groups -OCH3 is 1. The van der Waals surface area contributed by atoms with Crippen LogP contribution in [0.3, 0.4) is 0 Å². The molecule has 1 fully saturated rings. The zero-order valence-corrected chi connectivity index (χ0v) is 17.4. The van der Waals surface area contributed by atoms with E-state index >= 15 is 4.39 Å². The van der Waals surface area contributed by atoms with Crippen molar-refractivity contribution in [1.29, 1.82) is 0 Å². The predicted octanol–water partition coefficient (Wildman–Crippen LogP) is 5.73. The fraction of sp³-hybridized carbons (Fsp3) is 0.400. The normalized spacial score (nSPS) is 17.2. The van der Waals surface area contributed by atoms with Crippen LogP contribution in [0.15, 0.2) is 18.3 Å². The van der Waals surface area contributed by atoms with E-state index < -0.39 is 47.7 Å². The summed E-state index contributed by atoms with van der Waals surface area (Å²) < 4.78 is 86.9. The highest BCUT2D eigenvalue weighted by molar-refractivity contribution is 6.30. The number of hydrogen-bond donors (Lipinski definition) is 0. The van der Waals surface area contributed by atoms with Crippen molar-refractivity contribution in [2.24, 2.45) is 0 Å². The van der Waals surface area contributed by atoms with Crippen molar-refractivity contribution in [2.45, 2.75) is 31.7 Å². The molecule has 1 atom stereocenters. The summed E-state index contributed by atoms with van der Waals surface area (Å²) in [6, 6.07) is 1.83. The van der Waals surface area contributed by atoms with Gasteiger partial charge in [-0.05, 0) is 25.3 Å². The lowest BCUT2D eigenvalue weighted by Crippen LogP contribution is -2.19. The minimum absolute atomic E-state index is 0.112. The quantitative estimate of drug-likeness (QED) is 0.267. The van der Waals surface area contributed by atoms with Crippen molar-refractivity contribution in [3.8, 4) is 17.0 Å². The van der Waals surface area contributed by atoms with Crippen molar-refractivity contribution in [1.82, 2.24) is 14.8 Å². The summed E-state index contributed by atoms with van der Waals surface area (Å²) in [5.41, 5.74) is -2.08. The van der Waals surface area contributed by atoms with Gasteiger partial charge in [-0.1, -0.05) is 11.6 Å². The molecule has 0 bridgehead atoms. The van der Waals surface area contributed by atoms with Gasteiger partial charge in [0.05, 0.1) is 11.1 Å². The van der Waals surface area contributed by atoms with Crippen molar-refractivity contribution in [2.75, 3.05) is 20.5 Å². The van der Waals surface area contributed by atoms with Crippen LogP contribution < -0.4 is 4.74 Å². The Morgan fingerprint density at radius 2 is 2.00 bits per heavy atom. The number of ether oxygens (including phenoxy) is 3. The zero-order chi connectivity index (χ0) is 23.0. The van der Waals surface area contributed by atoms with E-state index in [1.807, 2.05) is 0 Å². The van der Waals surface area contributed by atoms with Crippen LogP contribution in [0.2, 0.25) is 5.15 Å². The first kappa shape index (κ1) is 22.7. The molecule has 1 aliphatic heterocycles. The molecule has 1 aromatic carbocycles. The van der Waals surface area contributed by atoms with Gasteiger partial charge in [0.2, 0.25) is 0 Å². The fourth-order valence-corrected chi connectivity index (χ4v) is 3.73. The van der Waals surface area contributed by atoms with Gasteiger partial charge in [-0.2, -0.15) is 18.3 Å². The fourth-order valence-electron chi connectivity index (χ4n) is 3.58. The van der Waals surface area contributed by atoms with Gasteiger partial charge in [0.25, 0.3) is 0 Å². The van der Waals surface area contributed by atoms with Gasteiger partial charge in [-0.15, -0.1) is 0 Å². The molecule has 172 valence electrons. The van der Waals surface area contributed by atoms with Gasteiger partial charge < -0.3 is 14.2 Å². The molecule has 1 saturated heterocycles. The standard InChI is InChI=1S/C20H17ClF5N3O3/c1-30-9-32-19-16(22)10(6-12(17(19)23)20(24,25)26)18-11-8-27-14(21)7-13(11)29(28-18)15-4-2-3-5-31-15/h6-8,15H,2-5,9H2,1H3. The van der Waals surface area contributed by atoms with Gasteiger partial charge in [0.1, 0.15) is 10.8 Å². The van der Waals surface area contributed by atoms with E-state index in [2.05, 4.69) is 14.8 Å². The molecule has 0 aliphatic carbocycles. The first-order chi connectivity index (χ1) is 15.2. The lowest BCUT2D eigenvalue weighted by atomic mass is 10.0. The molecule has 2 aromatic heterocycles. The highest BCUT2D eigenvalue weighted by Crippen LogP contribution is 2.43. The van der Waals surface area contributed by atoms with Crippen LogP contribution in [0.25, 0.3) is 22.2 Å². The summed E-state index contributed by atoms with van der Waals surface area (Å²) in [7, 11) is 1.17. The topological polar surface area (TPSA) is 58.4 Å². The number of nitrogens with zero attached hydrogens (tertiary/aromatic N) is 3. The summed E-state index contributed by atoms with van der Waals surface area (Å²) in [5.74, 6) is -4.44. The molecule has 0 N–H and O–H groups in total. The first-order valence-electron chi connectivity index (χ1n) is 9.59. The van der Waals surface area contributed by atoms with Crippen molar-refractivity contribution >= 4 is 22.5 Å². The summed E-state index contributed by atoms with van der Waals surface area (Å²) in [5, 5.41) is 4.67. The van der Waals surface area contributed by atoms with Gasteiger partial charge in [0.15, 0.2) is 30.4 Å². The molecule has 3 heterocycles. The van der Waals surface area contributed by atoms with Crippen LogP contribution in [0.4, 0.5) is 22.0 Å². The molecule has 0 spiro atoms. The highest BCUT2D eigenvalue weighted by Gasteiger charge is 2.39. The second-order valence-electron chi connectivity index (χ2n) is 7.12. The van der Waals surface area contributed by atoms with Crippen LogP contribution >= 0.6 is 11.6 Å². The molecule has 6 nitrogen and oxygen atoms in total. The number of rotatable bonds is 5. The number of fused-ring (bicyclic) bond motifs is 1. The molecular weight excluding hydrogens is 461 g/mol. The molecule has 0 amide bonds. The maximum absolute atomic E-state index is 15.3. The molecule has 0 radical (unpaired) electrons. The monoisotopic (exact) mass is 477 g/mol. The second-order valence-corrected chi connectivity index (χ2v) is 7.50. The van der Waals surface area contributed by atoms with Crippen molar-refractivity contribution < 1.29 is 36.2 Å². The Hall–Kier alpha value is -2.50. The Bertz CT molecular complexity index is 1150. The van der Waals surface area contributed by atoms with Crippen LogP contribution in [-0.2, 0) is 15.7 Å². The third-order valence-corrected chi connectivity index (χ3v) is 5.24. The molecular formula is C20H17ClF5N3O3. The molecule has 3 aromatic rings. The molecule has 1 aliphatic rings. The average Bonchev–Trinajstić information content (AvgIpc) is 3.12. The maximum atomic E-state index is 15.3. The van der Waals surface area contributed by atoms with E-state index in [-0.39, 0.29) is 16.2 Å². The lowest BCUT2D eigenvalue weighted by molar-refractivity contribution is -0.140. The van der Waals surface area contributed by atoms with Crippen LogP contribution in [-0.4, -0.2) is 35.3 Å². The molecule has 0 saturated carbocycles. The third-order valence-electron chi connectivity index (χ3n) is 5.03. The van der Waals surface area contributed by atoms with E-state index in [9.17, 15) is 17.6 Å². The van der Waals surface area contributed by atoms with E-state index in [1.54, 1.807) is 0 Å². The zero-order valence-electron chi connectivity index (χ0n) is 16.7. The van der Waals surface area contributed by atoms with Gasteiger partial charge in [0, 0.05) is 36.9 Å². The SMILES string of the molecule is COCOc1c(F)c(-c2nn(C3CCCCO3)c3cc(Cl)ncc23)cc(C(F)(F)F)c1F. The minimum Gasteiger partial charge on any atom is -0.461 e. The minimum atomic E-state index is -5.11. The Kier molecular flexibility index (Phi) is 6.24. The molecule has 12 heteroatoms. The number of hydrogen-bond acceptors (Lipinski definition) is 5. The summed E-state index contributed by atoms with van der Waals surface area (Å²) in [6.07, 6.45) is -2.06. The summed E-state index contributed by atoms with van der Waals surface area (Å²) in [4.78, 5) is 3.94. The third kappa shape index (κ3) is 4.12. The number of pyridine rings is 1. The van der Waals surface area contributed by atoms with Crippen molar-refractivity contribution in [3.05, 3.63) is 40.7 Å². The second kappa shape index (κ2) is 8.80. The van der Waals surface area contributed by atoms with Crippen LogP contribution in [0, 0.1) is 11.6 Å². The maximum Gasteiger partial charge on any atom is 0.419 e. The largest absolute Gasteiger partial charge is 0.461 e. The molecule has 32 heavy (non-hydrogen) atoms. The van der Waals surface area contributed by atoms with Crippen LogP contribution in [0.5, 0.6) is 5.75 Å². The van der Waals surface area contributed by atoms with Crippen molar-refractivity contribution in [3.63, 3.8) is 0 Å².